The number of phenols is 2. The molecule has 0 atom stereocenters. The number of phenolic OH excluding ortho intramolecular Hbond substituents is 2. The Balaban J connectivity index is 3.03. The predicted molar refractivity (Wildman–Crippen MR) is 74.8 cm³/mol. The number of aromatic hydroxyl groups is 2. The van der Waals surface area contributed by atoms with E-state index in [0.29, 0.717) is 6.07 Å². The Bertz CT molecular complexity index is 931. The first-order valence-corrected chi connectivity index (χ1v) is 8.51. The molecule has 0 unspecified atom stereocenters. The van der Waals surface area contributed by atoms with Crippen molar-refractivity contribution in [1.82, 2.24) is 0 Å². The van der Waals surface area contributed by atoms with Crippen LogP contribution in [-0.4, -0.2) is 36.2 Å². The summed E-state index contributed by atoms with van der Waals surface area (Å²) in [6.45, 7) is 0. The van der Waals surface area contributed by atoms with Gasteiger partial charge in [0.15, 0.2) is 4.90 Å². The lowest BCUT2D eigenvalue weighted by atomic mass is 10.0. The third kappa shape index (κ3) is 2.90. The van der Waals surface area contributed by atoms with Gasteiger partial charge in [-0.3, -0.25) is 9.11 Å². The van der Waals surface area contributed by atoms with Gasteiger partial charge in [0.1, 0.15) is 16.4 Å². The van der Waals surface area contributed by atoms with E-state index in [2.05, 4.69) is 0 Å². The Morgan fingerprint density at radius 1 is 0.818 bits per heavy atom. The van der Waals surface area contributed by atoms with E-state index in [4.69, 9.17) is 4.55 Å². The molecule has 0 amide bonds. The summed E-state index contributed by atoms with van der Waals surface area (Å²) in [5, 5.41) is 19.6. The van der Waals surface area contributed by atoms with E-state index in [0.717, 1.165) is 0 Å². The number of rotatable bonds is 3. The lowest BCUT2D eigenvalue weighted by Gasteiger charge is -2.13. The molecule has 8 nitrogen and oxygen atoms in total. The summed E-state index contributed by atoms with van der Waals surface area (Å²) in [5.41, 5.74) is -0.508. The van der Waals surface area contributed by atoms with E-state index in [1.54, 1.807) is 6.07 Å². The van der Waals surface area contributed by atoms with Crippen LogP contribution in [0.4, 0.5) is 0 Å². The molecule has 0 fully saturated rings. The molecule has 0 radical (unpaired) electrons. The first kappa shape index (κ1) is 16.2. The summed E-state index contributed by atoms with van der Waals surface area (Å²) in [4.78, 5) is -2.15. The van der Waals surface area contributed by atoms with Gasteiger partial charge in [-0.05, 0) is 5.56 Å². The van der Waals surface area contributed by atoms with Crippen LogP contribution in [0, 0.1) is 0 Å². The molecule has 0 aromatic heterocycles. The average Bonchev–Trinajstić information content (AvgIpc) is 2.36. The monoisotopic (exact) mass is 346 g/mol. The zero-order valence-electron chi connectivity index (χ0n) is 10.7. The van der Waals surface area contributed by atoms with Crippen LogP contribution in [0.1, 0.15) is 0 Å². The van der Waals surface area contributed by atoms with E-state index in [-0.39, 0.29) is 5.56 Å². The summed E-state index contributed by atoms with van der Waals surface area (Å²) in [7, 11) is -9.92. The highest BCUT2D eigenvalue weighted by atomic mass is 32.2. The highest BCUT2D eigenvalue weighted by molar-refractivity contribution is 7.86. The highest BCUT2D eigenvalue weighted by Gasteiger charge is 2.30. The smallest absolute Gasteiger partial charge is 0.301 e. The van der Waals surface area contributed by atoms with Gasteiger partial charge in [0.25, 0.3) is 10.1 Å². The van der Waals surface area contributed by atoms with Crippen molar-refractivity contribution >= 4 is 20.2 Å². The van der Waals surface area contributed by atoms with Crippen molar-refractivity contribution in [3.63, 3.8) is 0 Å². The fourth-order valence-corrected chi connectivity index (χ4v) is 3.36. The van der Waals surface area contributed by atoms with Crippen molar-refractivity contribution in [2.24, 2.45) is 0 Å². The molecule has 0 aliphatic carbocycles. The second-order valence-electron chi connectivity index (χ2n) is 4.26. The third-order valence-corrected chi connectivity index (χ3v) is 4.59. The second-order valence-corrected chi connectivity index (χ2v) is 7.01. The Morgan fingerprint density at radius 3 is 1.82 bits per heavy atom. The van der Waals surface area contributed by atoms with Crippen molar-refractivity contribution in [2.75, 3.05) is 0 Å². The molecule has 22 heavy (non-hydrogen) atoms. The van der Waals surface area contributed by atoms with Gasteiger partial charge in [-0.2, -0.15) is 16.8 Å². The molecule has 0 bridgehead atoms. The number of hydrogen-bond acceptors (Lipinski definition) is 6. The molecular weight excluding hydrogens is 336 g/mol. The number of hydrogen-bond donors (Lipinski definition) is 4. The van der Waals surface area contributed by atoms with Gasteiger partial charge in [0, 0.05) is 11.6 Å². The topological polar surface area (TPSA) is 149 Å². The minimum Gasteiger partial charge on any atom is -0.506 e. The maximum absolute atomic E-state index is 11.4. The van der Waals surface area contributed by atoms with Crippen LogP contribution in [-0.2, 0) is 20.2 Å². The van der Waals surface area contributed by atoms with Gasteiger partial charge < -0.3 is 10.2 Å². The van der Waals surface area contributed by atoms with Crippen molar-refractivity contribution < 1.29 is 36.2 Å². The van der Waals surface area contributed by atoms with Gasteiger partial charge in [-0.1, -0.05) is 30.3 Å². The van der Waals surface area contributed by atoms with Crippen molar-refractivity contribution in [2.45, 2.75) is 9.79 Å². The SMILES string of the molecule is O=S(=O)(O)c1cc(O)c(S(=O)(=O)O)c(O)c1-c1ccccc1. The molecule has 0 saturated heterocycles. The standard InChI is InChI=1S/C12H10O8S2/c13-8-6-9(21(15,16)17)10(7-4-2-1-3-5-7)11(14)12(8)22(18,19)20/h1-6,13-14H,(H,15,16,17)(H,18,19,20). The largest absolute Gasteiger partial charge is 0.506 e. The van der Waals surface area contributed by atoms with Gasteiger partial charge in [-0.15, -0.1) is 0 Å². The lowest BCUT2D eigenvalue weighted by molar-refractivity contribution is 0.407. The van der Waals surface area contributed by atoms with Gasteiger partial charge in [0.2, 0.25) is 0 Å². The predicted octanol–water partition coefficient (Wildman–Crippen LogP) is 1.26. The maximum Gasteiger partial charge on any atom is 0.301 e. The zero-order chi connectivity index (χ0) is 16.7. The molecule has 0 aliphatic heterocycles. The highest BCUT2D eigenvalue weighted by Crippen LogP contribution is 2.44. The quantitative estimate of drug-likeness (QED) is 0.607. The zero-order valence-corrected chi connectivity index (χ0v) is 12.3. The summed E-state index contributed by atoms with van der Waals surface area (Å²) >= 11 is 0. The minimum absolute atomic E-state index is 0.0533. The van der Waals surface area contributed by atoms with Crippen LogP contribution in [0.2, 0.25) is 0 Å². The van der Waals surface area contributed by atoms with Crippen molar-refractivity contribution in [1.29, 1.82) is 0 Å². The Labute approximate surface area is 125 Å². The van der Waals surface area contributed by atoms with Crippen LogP contribution in [0.25, 0.3) is 11.1 Å². The normalized spacial score (nSPS) is 12.3. The van der Waals surface area contributed by atoms with Crippen LogP contribution >= 0.6 is 0 Å². The Hall–Kier alpha value is -2.14. The van der Waals surface area contributed by atoms with Crippen LogP contribution in [0.15, 0.2) is 46.2 Å². The third-order valence-electron chi connectivity index (χ3n) is 2.80. The van der Waals surface area contributed by atoms with Crippen LogP contribution in [0.5, 0.6) is 11.5 Å². The van der Waals surface area contributed by atoms with Crippen LogP contribution < -0.4 is 0 Å². The molecule has 0 heterocycles. The van der Waals surface area contributed by atoms with E-state index in [9.17, 15) is 31.6 Å². The maximum atomic E-state index is 11.4. The van der Waals surface area contributed by atoms with Crippen LogP contribution in [0.3, 0.4) is 0 Å². The Morgan fingerprint density at radius 2 is 1.36 bits per heavy atom. The number of benzene rings is 2. The molecule has 0 spiro atoms. The average molecular weight is 346 g/mol. The van der Waals surface area contributed by atoms with Gasteiger partial charge in [0.05, 0.1) is 0 Å². The molecule has 118 valence electrons. The minimum atomic E-state index is -5.03. The molecule has 10 heteroatoms. The fourth-order valence-electron chi connectivity index (χ4n) is 1.95. The second kappa shape index (κ2) is 5.25. The molecule has 0 saturated carbocycles. The molecule has 0 aliphatic rings. The van der Waals surface area contributed by atoms with Gasteiger partial charge >= 0.3 is 10.1 Å². The Kier molecular flexibility index (Phi) is 3.87. The molecule has 2 aromatic rings. The molecule has 2 aromatic carbocycles. The van der Waals surface area contributed by atoms with E-state index < -0.39 is 47.1 Å². The molecular formula is C12H10O8S2. The fraction of sp³-hybridized carbons (Fsp3) is 0. The van der Waals surface area contributed by atoms with E-state index in [1.807, 2.05) is 0 Å². The molecule has 2 rings (SSSR count). The molecule has 4 N–H and O–H groups in total. The van der Waals surface area contributed by atoms with Gasteiger partial charge in [-0.25, -0.2) is 0 Å². The van der Waals surface area contributed by atoms with E-state index >= 15 is 0 Å². The summed E-state index contributed by atoms with van der Waals surface area (Å²) in [6, 6.07) is 7.65. The lowest BCUT2D eigenvalue weighted by Crippen LogP contribution is -2.06. The summed E-state index contributed by atoms with van der Waals surface area (Å²) in [5.74, 6) is -2.41. The van der Waals surface area contributed by atoms with E-state index in [1.165, 1.54) is 24.3 Å². The summed E-state index contributed by atoms with van der Waals surface area (Å²) in [6.07, 6.45) is 0. The van der Waals surface area contributed by atoms with Crippen molar-refractivity contribution in [3.05, 3.63) is 36.4 Å². The first-order valence-electron chi connectivity index (χ1n) is 5.63. The first-order chi connectivity index (χ1) is 10.0. The summed E-state index contributed by atoms with van der Waals surface area (Å²) < 4.78 is 63.6. The van der Waals surface area contributed by atoms with Crippen molar-refractivity contribution in [3.8, 4) is 22.6 Å².